The van der Waals surface area contributed by atoms with Gasteiger partial charge >= 0.3 is 0 Å². The second-order valence-electron chi connectivity index (χ2n) is 4.15. The first-order valence-corrected chi connectivity index (χ1v) is 7.35. The van der Waals surface area contributed by atoms with Gasteiger partial charge in [-0.15, -0.1) is 0 Å². The number of ketones is 1. The van der Waals surface area contributed by atoms with Gasteiger partial charge in [0.25, 0.3) is 0 Å². The van der Waals surface area contributed by atoms with Crippen LogP contribution in [0.2, 0.25) is 0 Å². The second kappa shape index (κ2) is 4.87. The summed E-state index contributed by atoms with van der Waals surface area (Å²) < 4.78 is 0.893. The van der Waals surface area contributed by atoms with Gasteiger partial charge in [0.2, 0.25) is 5.78 Å². The summed E-state index contributed by atoms with van der Waals surface area (Å²) in [5.74, 6) is 0.00820. The Labute approximate surface area is 123 Å². The minimum atomic E-state index is 0.00820. The van der Waals surface area contributed by atoms with E-state index in [0.717, 1.165) is 20.5 Å². The van der Waals surface area contributed by atoms with Crippen molar-refractivity contribution >= 4 is 39.2 Å². The zero-order valence-electron chi connectivity index (χ0n) is 9.89. The van der Waals surface area contributed by atoms with Gasteiger partial charge in [0.1, 0.15) is 0 Å². The first kappa shape index (κ1) is 12.5. The topological polar surface area (TPSA) is 43.1 Å². The number of benzene rings is 2. The van der Waals surface area contributed by atoms with Crippen molar-refractivity contribution in [3.8, 4) is 0 Å². The molecule has 0 fully saturated rings. The lowest BCUT2D eigenvalue weighted by Crippen LogP contribution is -2.05. The van der Waals surface area contributed by atoms with Crippen molar-refractivity contribution in [2.24, 2.45) is 5.73 Å². The van der Waals surface area contributed by atoms with E-state index in [1.807, 2.05) is 48.5 Å². The lowest BCUT2D eigenvalue weighted by molar-refractivity contribution is 0.104. The quantitative estimate of drug-likeness (QED) is 0.801. The molecule has 0 unspecified atom stereocenters. The zero-order valence-corrected chi connectivity index (χ0v) is 12.3. The largest absolute Gasteiger partial charge is 0.397 e. The first-order valence-electron chi connectivity index (χ1n) is 5.74. The molecule has 2 aromatic rings. The molecule has 0 spiro atoms. The predicted molar refractivity (Wildman–Crippen MR) is 81.9 cm³/mol. The third kappa shape index (κ3) is 2.11. The van der Waals surface area contributed by atoms with Crippen LogP contribution in [0, 0.1) is 0 Å². The number of thioether (sulfide) groups is 1. The molecule has 1 heterocycles. The Hall–Kier alpha value is -1.52. The average Bonchev–Trinajstić information content (AvgIpc) is 2.77. The van der Waals surface area contributed by atoms with E-state index in [-0.39, 0.29) is 5.78 Å². The fraction of sp³-hybridized carbons (Fsp3) is 0. The van der Waals surface area contributed by atoms with Gasteiger partial charge < -0.3 is 5.73 Å². The van der Waals surface area contributed by atoms with Crippen molar-refractivity contribution < 1.29 is 4.79 Å². The number of carbonyl (C=O) groups is 1. The number of Topliss-reactive ketones (excluding diaryl/α,β-unsaturated/α-hetero) is 1. The third-order valence-electron chi connectivity index (χ3n) is 2.96. The molecule has 0 saturated heterocycles. The molecule has 0 saturated carbocycles. The van der Waals surface area contributed by atoms with Crippen molar-refractivity contribution in [1.82, 2.24) is 0 Å². The van der Waals surface area contributed by atoms with Gasteiger partial charge in [0, 0.05) is 20.5 Å². The Bertz CT molecular complexity index is 709. The summed E-state index contributed by atoms with van der Waals surface area (Å²) in [6.45, 7) is 0. The van der Waals surface area contributed by atoms with Crippen LogP contribution in [0.25, 0.3) is 5.70 Å². The van der Waals surface area contributed by atoms with E-state index < -0.39 is 0 Å². The lowest BCUT2D eigenvalue weighted by Gasteiger charge is -2.06. The van der Waals surface area contributed by atoms with Crippen molar-refractivity contribution in [3.63, 3.8) is 0 Å². The van der Waals surface area contributed by atoms with Gasteiger partial charge in [0.15, 0.2) is 0 Å². The summed E-state index contributed by atoms with van der Waals surface area (Å²) in [5.41, 5.74) is 8.29. The van der Waals surface area contributed by atoms with Crippen molar-refractivity contribution in [2.75, 3.05) is 0 Å². The number of hydrogen-bond donors (Lipinski definition) is 1. The molecule has 2 aromatic carbocycles. The smallest absolute Gasteiger partial charge is 0.202 e. The highest BCUT2D eigenvalue weighted by molar-refractivity contribution is 9.10. The minimum Gasteiger partial charge on any atom is -0.397 e. The molecule has 94 valence electrons. The van der Waals surface area contributed by atoms with Gasteiger partial charge in [0.05, 0.1) is 10.6 Å². The van der Waals surface area contributed by atoms with Crippen LogP contribution in [0.5, 0.6) is 0 Å². The van der Waals surface area contributed by atoms with Gasteiger partial charge in [-0.25, -0.2) is 0 Å². The molecule has 2 N–H and O–H groups in total. The molecule has 19 heavy (non-hydrogen) atoms. The molecule has 0 aromatic heterocycles. The Morgan fingerprint density at radius 2 is 1.74 bits per heavy atom. The maximum absolute atomic E-state index is 12.3. The summed E-state index contributed by atoms with van der Waals surface area (Å²) in [5, 5.41) is 0. The van der Waals surface area contributed by atoms with Gasteiger partial charge in [-0.05, 0) is 18.2 Å². The second-order valence-corrected chi connectivity index (χ2v) is 6.06. The fourth-order valence-electron chi connectivity index (χ4n) is 2.00. The van der Waals surface area contributed by atoms with Crippen molar-refractivity contribution in [3.05, 3.63) is 69.0 Å². The van der Waals surface area contributed by atoms with Gasteiger partial charge in [-0.2, -0.15) is 0 Å². The van der Waals surface area contributed by atoms with Crippen molar-refractivity contribution in [1.29, 1.82) is 0 Å². The molecule has 3 rings (SSSR count). The zero-order chi connectivity index (χ0) is 13.4. The summed E-state index contributed by atoms with van der Waals surface area (Å²) in [6.07, 6.45) is 0. The van der Waals surface area contributed by atoms with E-state index in [9.17, 15) is 4.79 Å². The van der Waals surface area contributed by atoms with Crippen LogP contribution in [-0.2, 0) is 0 Å². The highest BCUT2D eigenvalue weighted by Gasteiger charge is 2.28. The van der Waals surface area contributed by atoms with Crippen LogP contribution >= 0.6 is 27.7 Å². The molecule has 2 nitrogen and oxygen atoms in total. The molecule has 0 amide bonds. The maximum Gasteiger partial charge on any atom is 0.202 e. The van der Waals surface area contributed by atoms with E-state index >= 15 is 0 Å². The third-order valence-corrected chi connectivity index (χ3v) is 4.84. The summed E-state index contributed by atoms with van der Waals surface area (Å²) >= 11 is 4.90. The molecule has 0 aliphatic carbocycles. The van der Waals surface area contributed by atoms with E-state index in [0.29, 0.717) is 10.6 Å². The number of hydrogen-bond acceptors (Lipinski definition) is 3. The maximum atomic E-state index is 12.3. The van der Waals surface area contributed by atoms with E-state index in [2.05, 4.69) is 15.9 Å². The molecule has 0 bridgehead atoms. The highest BCUT2D eigenvalue weighted by Crippen LogP contribution is 2.42. The van der Waals surface area contributed by atoms with Crippen LogP contribution in [0.1, 0.15) is 15.9 Å². The van der Waals surface area contributed by atoms with E-state index in [1.165, 1.54) is 11.8 Å². The number of carbonyl (C=O) groups excluding carboxylic acids is 1. The molecule has 1 aliphatic heterocycles. The summed E-state index contributed by atoms with van der Waals surface area (Å²) in [6, 6.07) is 15.2. The normalized spacial score (nSPS) is 16.4. The standard InChI is InChI=1S/C15H10BrNOS/c16-11-7-3-1-5-9(11)13(17)15-14(18)10-6-2-4-8-12(10)19-15/h1-8H,17H2/b15-13+. The number of halogens is 1. The van der Waals surface area contributed by atoms with E-state index in [1.54, 1.807) is 0 Å². The Balaban J connectivity index is 2.12. The number of nitrogens with two attached hydrogens (primary N) is 1. The highest BCUT2D eigenvalue weighted by atomic mass is 79.9. The lowest BCUT2D eigenvalue weighted by atomic mass is 10.1. The first-order chi connectivity index (χ1) is 9.18. The molecular weight excluding hydrogens is 322 g/mol. The fourth-order valence-corrected chi connectivity index (χ4v) is 3.56. The van der Waals surface area contributed by atoms with Crippen LogP contribution in [0.3, 0.4) is 0 Å². The Morgan fingerprint density at radius 3 is 2.47 bits per heavy atom. The minimum absolute atomic E-state index is 0.00820. The van der Waals surface area contributed by atoms with Gasteiger partial charge in [-0.3, -0.25) is 4.79 Å². The van der Waals surface area contributed by atoms with Crippen LogP contribution < -0.4 is 5.73 Å². The van der Waals surface area contributed by atoms with Crippen LogP contribution in [0.15, 0.2) is 62.8 Å². The molecule has 1 aliphatic rings. The van der Waals surface area contributed by atoms with E-state index in [4.69, 9.17) is 5.73 Å². The van der Waals surface area contributed by atoms with Crippen LogP contribution in [-0.4, -0.2) is 5.78 Å². The molecule has 4 heteroatoms. The average molecular weight is 332 g/mol. The summed E-state index contributed by atoms with van der Waals surface area (Å²) in [4.78, 5) is 13.9. The number of rotatable bonds is 1. The molecule has 0 radical (unpaired) electrons. The number of fused-ring (bicyclic) bond motifs is 1. The Morgan fingerprint density at radius 1 is 1.05 bits per heavy atom. The van der Waals surface area contributed by atoms with Crippen LogP contribution in [0.4, 0.5) is 0 Å². The monoisotopic (exact) mass is 331 g/mol. The Kier molecular flexibility index (Phi) is 3.21. The summed E-state index contributed by atoms with van der Waals surface area (Å²) in [7, 11) is 0. The van der Waals surface area contributed by atoms with Gasteiger partial charge in [-0.1, -0.05) is 58.0 Å². The predicted octanol–water partition coefficient (Wildman–Crippen LogP) is 4.07. The molecule has 0 atom stereocenters. The van der Waals surface area contributed by atoms with Crippen molar-refractivity contribution in [2.45, 2.75) is 4.90 Å². The molecular formula is C15H10BrNOS. The SMILES string of the molecule is N/C(=C1/Sc2ccccc2C1=O)c1ccccc1Br. The number of allylic oxidation sites excluding steroid dienone is 1.